The van der Waals surface area contributed by atoms with Crippen LogP contribution in [0.5, 0.6) is 0 Å². The summed E-state index contributed by atoms with van der Waals surface area (Å²) < 4.78 is 33.7. The van der Waals surface area contributed by atoms with Crippen molar-refractivity contribution >= 4 is 10.4 Å². The topological polar surface area (TPSA) is 59.1 Å². The number of rotatable bonds is 10. The van der Waals surface area contributed by atoms with Crippen LogP contribution in [0.15, 0.2) is 0 Å². The van der Waals surface area contributed by atoms with Crippen molar-refractivity contribution in [2.24, 2.45) is 0 Å². The first-order valence-corrected chi connectivity index (χ1v) is 8.24. The Labute approximate surface area is 118 Å². The summed E-state index contributed by atoms with van der Waals surface area (Å²) in [6.45, 7) is 14.1. The normalized spacial score (nSPS) is 16.0. The van der Waals surface area contributed by atoms with Crippen LogP contribution < -0.4 is 0 Å². The molecule has 116 valence electrons. The number of hydrogen-bond donors (Lipinski definition) is 0. The van der Waals surface area contributed by atoms with Crippen LogP contribution in [0.2, 0.25) is 0 Å². The maximum absolute atomic E-state index is 11.8. The van der Waals surface area contributed by atoms with Gasteiger partial charge in [-0.3, -0.25) is 9.80 Å². The molecule has 0 heterocycles. The SMILES string of the molecule is CCN(CC)C(C)OS(=O)(=O)OC(C)N(CC)CC. The maximum Gasteiger partial charge on any atom is 0.402 e. The summed E-state index contributed by atoms with van der Waals surface area (Å²) in [7, 11) is -3.99. The zero-order chi connectivity index (χ0) is 15.1. The molecule has 0 spiro atoms. The van der Waals surface area contributed by atoms with Gasteiger partial charge in [-0.15, -0.1) is 0 Å². The highest BCUT2D eigenvalue weighted by atomic mass is 32.3. The Hall–Kier alpha value is -0.210. The van der Waals surface area contributed by atoms with E-state index in [1.165, 1.54) is 0 Å². The predicted molar refractivity (Wildman–Crippen MR) is 75.9 cm³/mol. The first kappa shape index (κ1) is 18.8. The lowest BCUT2D eigenvalue weighted by molar-refractivity contribution is 0.00131. The van der Waals surface area contributed by atoms with Gasteiger partial charge in [0.25, 0.3) is 0 Å². The fourth-order valence-electron chi connectivity index (χ4n) is 1.96. The van der Waals surface area contributed by atoms with Crippen LogP contribution in [-0.4, -0.2) is 56.9 Å². The molecule has 0 aliphatic carbocycles. The molecule has 19 heavy (non-hydrogen) atoms. The molecular formula is C12H28N2O4S. The van der Waals surface area contributed by atoms with Crippen LogP contribution in [0.3, 0.4) is 0 Å². The van der Waals surface area contributed by atoms with E-state index in [9.17, 15) is 8.42 Å². The third kappa shape index (κ3) is 6.67. The second kappa shape index (κ2) is 8.86. The van der Waals surface area contributed by atoms with Gasteiger partial charge in [-0.1, -0.05) is 27.7 Å². The van der Waals surface area contributed by atoms with Gasteiger partial charge in [-0.25, -0.2) is 8.37 Å². The summed E-state index contributed by atoms with van der Waals surface area (Å²) in [6, 6.07) is 0. The summed E-state index contributed by atoms with van der Waals surface area (Å²) in [6.07, 6.45) is -1.05. The Bertz CT molecular complexity index is 301. The highest BCUT2D eigenvalue weighted by molar-refractivity contribution is 7.81. The monoisotopic (exact) mass is 296 g/mol. The van der Waals surface area contributed by atoms with Gasteiger partial charge in [0.1, 0.15) is 12.5 Å². The second-order valence-corrected chi connectivity index (χ2v) is 5.44. The molecule has 0 bridgehead atoms. The van der Waals surface area contributed by atoms with Gasteiger partial charge in [0.05, 0.1) is 0 Å². The highest BCUT2D eigenvalue weighted by Gasteiger charge is 2.25. The Morgan fingerprint density at radius 2 is 1.05 bits per heavy atom. The zero-order valence-electron chi connectivity index (χ0n) is 12.9. The zero-order valence-corrected chi connectivity index (χ0v) is 13.7. The number of nitrogens with zero attached hydrogens (tertiary/aromatic N) is 2. The van der Waals surface area contributed by atoms with Gasteiger partial charge in [-0.2, -0.15) is 8.42 Å². The van der Waals surface area contributed by atoms with Crippen molar-refractivity contribution in [3.8, 4) is 0 Å². The van der Waals surface area contributed by atoms with Gasteiger partial charge in [0.15, 0.2) is 0 Å². The molecule has 2 unspecified atom stereocenters. The van der Waals surface area contributed by atoms with E-state index in [1.54, 1.807) is 13.8 Å². The molecule has 0 amide bonds. The molecule has 0 radical (unpaired) electrons. The van der Waals surface area contributed by atoms with Crippen molar-refractivity contribution < 1.29 is 16.8 Å². The third-order valence-electron chi connectivity index (χ3n) is 3.17. The summed E-state index contributed by atoms with van der Waals surface area (Å²) in [5.41, 5.74) is 0. The van der Waals surface area contributed by atoms with E-state index in [-0.39, 0.29) is 0 Å². The summed E-state index contributed by atoms with van der Waals surface area (Å²) in [4.78, 5) is 3.78. The minimum absolute atomic E-state index is 0.524. The molecule has 0 aromatic rings. The van der Waals surface area contributed by atoms with Crippen LogP contribution in [-0.2, 0) is 18.8 Å². The smallest absolute Gasteiger partial charge is 0.278 e. The molecule has 0 aliphatic heterocycles. The Morgan fingerprint density at radius 3 is 1.26 bits per heavy atom. The van der Waals surface area contributed by atoms with Crippen molar-refractivity contribution in [1.29, 1.82) is 0 Å². The van der Waals surface area contributed by atoms with E-state index in [0.29, 0.717) is 0 Å². The van der Waals surface area contributed by atoms with E-state index in [4.69, 9.17) is 8.37 Å². The predicted octanol–water partition coefficient (Wildman–Crippen LogP) is 1.64. The van der Waals surface area contributed by atoms with E-state index in [0.717, 1.165) is 26.2 Å². The molecule has 0 aliphatic rings. The van der Waals surface area contributed by atoms with E-state index >= 15 is 0 Å². The van der Waals surface area contributed by atoms with Crippen LogP contribution in [0.4, 0.5) is 0 Å². The first-order chi connectivity index (χ1) is 8.81. The largest absolute Gasteiger partial charge is 0.402 e. The van der Waals surface area contributed by atoms with E-state index < -0.39 is 22.9 Å². The fourth-order valence-corrected chi connectivity index (χ4v) is 2.93. The molecule has 0 saturated carbocycles. The second-order valence-electron chi connectivity index (χ2n) is 4.24. The lowest BCUT2D eigenvalue weighted by atomic mass is 10.5. The highest BCUT2D eigenvalue weighted by Crippen LogP contribution is 2.11. The molecule has 0 saturated heterocycles. The average molecular weight is 296 g/mol. The molecule has 6 nitrogen and oxygen atoms in total. The fraction of sp³-hybridized carbons (Fsp3) is 1.00. The van der Waals surface area contributed by atoms with Crippen molar-refractivity contribution in [3.05, 3.63) is 0 Å². The molecule has 0 aromatic heterocycles. The Kier molecular flexibility index (Phi) is 8.76. The molecule has 0 aromatic carbocycles. The van der Waals surface area contributed by atoms with Crippen LogP contribution in [0, 0.1) is 0 Å². The minimum Gasteiger partial charge on any atom is -0.278 e. The summed E-state index contributed by atoms with van der Waals surface area (Å²) in [5, 5.41) is 0. The van der Waals surface area contributed by atoms with Crippen molar-refractivity contribution in [1.82, 2.24) is 9.80 Å². The van der Waals surface area contributed by atoms with Gasteiger partial charge in [0.2, 0.25) is 0 Å². The van der Waals surface area contributed by atoms with Crippen molar-refractivity contribution in [2.75, 3.05) is 26.2 Å². The van der Waals surface area contributed by atoms with Crippen LogP contribution >= 0.6 is 0 Å². The quantitative estimate of drug-likeness (QED) is 0.571. The molecule has 0 N–H and O–H groups in total. The van der Waals surface area contributed by atoms with Crippen molar-refractivity contribution in [2.45, 2.75) is 54.0 Å². The minimum atomic E-state index is -3.99. The van der Waals surface area contributed by atoms with Crippen LogP contribution in [0.1, 0.15) is 41.5 Å². The van der Waals surface area contributed by atoms with Gasteiger partial charge in [-0.05, 0) is 40.0 Å². The number of hydrogen-bond acceptors (Lipinski definition) is 6. The van der Waals surface area contributed by atoms with Crippen molar-refractivity contribution in [3.63, 3.8) is 0 Å². The lowest BCUT2D eigenvalue weighted by Crippen LogP contribution is -2.40. The first-order valence-electron chi connectivity index (χ1n) is 6.90. The summed E-state index contributed by atoms with van der Waals surface area (Å²) >= 11 is 0. The molecule has 2 atom stereocenters. The molecule has 0 fully saturated rings. The average Bonchev–Trinajstić information content (AvgIpc) is 2.30. The maximum atomic E-state index is 11.8. The lowest BCUT2D eigenvalue weighted by Gasteiger charge is -2.28. The molecule has 0 rings (SSSR count). The summed E-state index contributed by atoms with van der Waals surface area (Å²) in [5.74, 6) is 0. The van der Waals surface area contributed by atoms with Gasteiger partial charge >= 0.3 is 10.4 Å². The Morgan fingerprint density at radius 1 is 0.789 bits per heavy atom. The van der Waals surface area contributed by atoms with E-state index in [2.05, 4.69) is 0 Å². The molecular weight excluding hydrogens is 268 g/mol. The van der Waals surface area contributed by atoms with Crippen LogP contribution in [0.25, 0.3) is 0 Å². The Balaban J connectivity index is 4.55. The standard InChI is InChI=1S/C12H28N2O4S/c1-7-13(8-2)11(5)17-19(15,16)18-12(6)14(9-3)10-4/h11-12H,7-10H2,1-6H3. The van der Waals surface area contributed by atoms with Gasteiger partial charge < -0.3 is 0 Å². The third-order valence-corrected chi connectivity index (χ3v) is 4.20. The molecule has 7 heteroatoms. The van der Waals surface area contributed by atoms with E-state index in [1.807, 2.05) is 37.5 Å². The van der Waals surface area contributed by atoms with Gasteiger partial charge in [0, 0.05) is 0 Å².